The highest BCUT2D eigenvalue weighted by Gasteiger charge is 2.49. The SMILES string of the molecule is C=CCOC(=O)C(N)(CC(O)c1nc2c(F)cc(F)cc2o1)C(=O)OC(C)(C)C. The number of carbonyl (C=O) groups excluding carboxylic acids is 2. The monoisotopic (exact) mass is 412 g/mol. The van der Waals surface area contributed by atoms with Crippen LogP contribution in [0.15, 0.2) is 29.2 Å². The first-order chi connectivity index (χ1) is 13.4. The molecule has 10 heteroatoms. The van der Waals surface area contributed by atoms with Gasteiger partial charge in [0.05, 0.1) is 0 Å². The first kappa shape index (κ1) is 22.4. The minimum atomic E-state index is -2.42. The molecule has 0 bridgehead atoms. The molecule has 29 heavy (non-hydrogen) atoms. The van der Waals surface area contributed by atoms with Crippen LogP contribution < -0.4 is 5.73 Å². The fourth-order valence-electron chi connectivity index (χ4n) is 2.39. The van der Waals surface area contributed by atoms with Crippen LogP contribution in [0.3, 0.4) is 0 Å². The number of esters is 2. The molecule has 1 aromatic carbocycles. The van der Waals surface area contributed by atoms with E-state index in [0.717, 1.165) is 6.07 Å². The fraction of sp³-hybridized carbons (Fsp3) is 0.421. The molecule has 0 saturated heterocycles. The molecule has 1 heterocycles. The predicted molar refractivity (Wildman–Crippen MR) is 97.4 cm³/mol. The number of aliphatic hydroxyl groups excluding tert-OH is 1. The topological polar surface area (TPSA) is 125 Å². The lowest BCUT2D eigenvalue weighted by Crippen LogP contribution is -2.58. The van der Waals surface area contributed by atoms with Crippen molar-refractivity contribution in [2.24, 2.45) is 5.73 Å². The highest BCUT2D eigenvalue weighted by Crippen LogP contribution is 2.29. The zero-order valence-corrected chi connectivity index (χ0v) is 16.2. The van der Waals surface area contributed by atoms with E-state index in [9.17, 15) is 23.5 Å². The molecule has 2 atom stereocenters. The Morgan fingerprint density at radius 1 is 1.34 bits per heavy atom. The summed E-state index contributed by atoms with van der Waals surface area (Å²) in [5.41, 5.74) is 1.99. The van der Waals surface area contributed by atoms with E-state index < -0.39 is 53.1 Å². The van der Waals surface area contributed by atoms with Gasteiger partial charge in [-0.25, -0.2) is 23.4 Å². The molecule has 0 radical (unpaired) electrons. The molecule has 0 fully saturated rings. The summed E-state index contributed by atoms with van der Waals surface area (Å²) >= 11 is 0. The average Bonchev–Trinajstić information content (AvgIpc) is 3.02. The molecule has 0 aliphatic heterocycles. The minimum absolute atomic E-state index is 0.232. The predicted octanol–water partition coefficient (Wildman–Crippen LogP) is 2.30. The zero-order valence-electron chi connectivity index (χ0n) is 16.2. The lowest BCUT2D eigenvalue weighted by atomic mass is 9.92. The summed E-state index contributed by atoms with van der Waals surface area (Å²) in [6.07, 6.45) is -1.20. The van der Waals surface area contributed by atoms with Gasteiger partial charge < -0.3 is 24.7 Å². The zero-order chi connectivity index (χ0) is 22.0. The second-order valence-electron chi connectivity index (χ2n) is 7.37. The highest BCUT2D eigenvalue weighted by atomic mass is 19.1. The molecule has 158 valence electrons. The van der Waals surface area contributed by atoms with E-state index in [1.165, 1.54) is 6.08 Å². The van der Waals surface area contributed by atoms with Crippen molar-refractivity contribution in [3.8, 4) is 0 Å². The van der Waals surface area contributed by atoms with Crippen LogP contribution in [0.4, 0.5) is 8.78 Å². The maximum Gasteiger partial charge on any atom is 0.338 e. The van der Waals surface area contributed by atoms with Crippen LogP contribution in [0, 0.1) is 11.6 Å². The van der Waals surface area contributed by atoms with Crippen molar-refractivity contribution < 1.29 is 37.4 Å². The van der Waals surface area contributed by atoms with Gasteiger partial charge in [0.2, 0.25) is 11.4 Å². The Morgan fingerprint density at radius 3 is 2.59 bits per heavy atom. The van der Waals surface area contributed by atoms with Crippen LogP contribution in [0.5, 0.6) is 0 Å². The van der Waals surface area contributed by atoms with Crippen molar-refractivity contribution in [2.75, 3.05) is 6.61 Å². The van der Waals surface area contributed by atoms with E-state index in [2.05, 4.69) is 11.6 Å². The Kier molecular flexibility index (Phi) is 6.39. The van der Waals surface area contributed by atoms with E-state index in [-0.39, 0.29) is 17.7 Å². The van der Waals surface area contributed by atoms with Gasteiger partial charge in [0.1, 0.15) is 29.6 Å². The van der Waals surface area contributed by atoms with Gasteiger partial charge in [-0.1, -0.05) is 12.7 Å². The maximum atomic E-state index is 13.8. The number of rotatable bonds is 7. The quantitative estimate of drug-likeness (QED) is 0.403. The molecule has 1 aromatic heterocycles. The molecular weight excluding hydrogens is 390 g/mol. The van der Waals surface area contributed by atoms with E-state index in [4.69, 9.17) is 19.6 Å². The summed E-state index contributed by atoms with van der Waals surface area (Å²) in [6, 6.07) is 1.48. The van der Waals surface area contributed by atoms with Crippen LogP contribution in [0.1, 0.15) is 39.2 Å². The summed E-state index contributed by atoms with van der Waals surface area (Å²) in [6.45, 7) is 7.85. The molecule has 0 spiro atoms. The van der Waals surface area contributed by atoms with Crippen LogP contribution in [0.25, 0.3) is 11.1 Å². The van der Waals surface area contributed by atoms with Crippen LogP contribution in [-0.4, -0.2) is 39.8 Å². The van der Waals surface area contributed by atoms with Gasteiger partial charge in [0, 0.05) is 18.6 Å². The number of nitrogens with two attached hydrogens (primary N) is 1. The number of carbonyl (C=O) groups is 2. The third kappa shape index (κ3) is 5.15. The fourth-order valence-corrected chi connectivity index (χ4v) is 2.39. The van der Waals surface area contributed by atoms with Crippen molar-refractivity contribution in [1.29, 1.82) is 0 Å². The number of fused-ring (bicyclic) bond motifs is 1. The van der Waals surface area contributed by atoms with Crippen LogP contribution in [0.2, 0.25) is 0 Å². The first-order valence-corrected chi connectivity index (χ1v) is 8.61. The summed E-state index contributed by atoms with van der Waals surface area (Å²) in [5.74, 6) is -4.68. The smallest absolute Gasteiger partial charge is 0.338 e. The minimum Gasteiger partial charge on any atom is -0.460 e. The van der Waals surface area contributed by atoms with Crippen LogP contribution in [-0.2, 0) is 19.1 Å². The van der Waals surface area contributed by atoms with E-state index in [1.807, 2.05) is 0 Å². The van der Waals surface area contributed by atoms with Crippen molar-refractivity contribution in [3.63, 3.8) is 0 Å². The number of aromatic nitrogens is 1. The molecule has 0 aliphatic carbocycles. The normalized spacial score (nSPS) is 14.9. The summed E-state index contributed by atoms with van der Waals surface area (Å²) in [4.78, 5) is 28.8. The van der Waals surface area contributed by atoms with E-state index in [1.54, 1.807) is 20.8 Å². The van der Waals surface area contributed by atoms with Gasteiger partial charge in [-0.3, -0.25) is 0 Å². The third-order valence-electron chi connectivity index (χ3n) is 3.69. The number of ether oxygens (including phenoxy) is 2. The van der Waals surface area contributed by atoms with Crippen molar-refractivity contribution in [1.82, 2.24) is 4.98 Å². The van der Waals surface area contributed by atoms with Gasteiger partial charge in [-0.05, 0) is 20.8 Å². The Bertz CT molecular complexity index is 937. The van der Waals surface area contributed by atoms with Crippen LogP contribution >= 0.6 is 0 Å². The Hall–Kier alpha value is -2.85. The summed E-state index contributed by atoms with van der Waals surface area (Å²) in [5, 5.41) is 10.5. The number of benzene rings is 1. The van der Waals surface area contributed by atoms with Gasteiger partial charge in [0.15, 0.2) is 11.4 Å². The van der Waals surface area contributed by atoms with Gasteiger partial charge in [-0.2, -0.15) is 0 Å². The lowest BCUT2D eigenvalue weighted by Gasteiger charge is -2.30. The average molecular weight is 412 g/mol. The second kappa shape index (κ2) is 8.26. The number of halogens is 2. The highest BCUT2D eigenvalue weighted by molar-refractivity contribution is 6.04. The molecule has 3 N–H and O–H groups in total. The molecule has 2 aromatic rings. The molecule has 8 nitrogen and oxygen atoms in total. The van der Waals surface area contributed by atoms with Crippen molar-refractivity contribution in [2.45, 2.75) is 44.4 Å². The number of nitrogens with zero attached hydrogens (tertiary/aromatic N) is 1. The number of aliphatic hydroxyl groups is 1. The Labute approximate surface area is 165 Å². The first-order valence-electron chi connectivity index (χ1n) is 8.61. The maximum absolute atomic E-state index is 13.8. The number of hydrogen-bond donors (Lipinski definition) is 2. The lowest BCUT2D eigenvalue weighted by molar-refractivity contribution is -0.173. The molecular formula is C19H22F2N2O6. The van der Waals surface area contributed by atoms with Crippen molar-refractivity contribution in [3.05, 3.63) is 42.3 Å². The number of oxazole rings is 1. The molecule has 2 rings (SSSR count). The molecule has 2 unspecified atom stereocenters. The Morgan fingerprint density at radius 2 is 2.00 bits per heavy atom. The van der Waals surface area contributed by atoms with E-state index in [0.29, 0.717) is 6.07 Å². The Balaban J connectivity index is 2.36. The molecule has 0 amide bonds. The number of hydrogen-bond acceptors (Lipinski definition) is 8. The van der Waals surface area contributed by atoms with Gasteiger partial charge in [0.25, 0.3) is 0 Å². The van der Waals surface area contributed by atoms with Crippen molar-refractivity contribution >= 4 is 23.0 Å². The standard InChI is InChI=1S/C19H22F2N2O6/c1-5-6-27-16(25)19(22,17(26)29-18(2,3)4)9-12(24)15-23-14-11(21)7-10(20)8-13(14)28-15/h5,7-8,12,24H,1,6,9,22H2,2-4H3. The summed E-state index contributed by atoms with van der Waals surface area (Å²) < 4.78 is 42.3. The second-order valence-corrected chi connectivity index (χ2v) is 7.37. The molecule has 0 aliphatic rings. The van der Waals surface area contributed by atoms with E-state index >= 15 is 0 Å². The third-order valence-corrected chi connectivity index (χ3v) is 3.69. The van der Waals surface area contributed by atoms with Gasteiger partial charge in [-0.15, -0.1) is 0 Å². The summed E-state index contributed by atoms with van der Waals surface area (Å²) in [7, 11) is 0. The largest absolute Gasteiger partial charge is 0.460 e. The molecule has 0 saturated carbocycles. The van der Waals surface area contributed by atoms with Gasteiger partial charge >= 0.3 is 11.9 Å².